The van der Waals surface area contributed by atoms with Crippen molar-refractivity contribution in [2.24, 2.45) is 5.73 Å². The Kier molecular flexibility index (Phi) is 4.86. The molecule has 0 aliphatic rings. The molecule has 0 unspecified atom stereocenters. The predicted octanol–water partition coefficient (Wildman–Crippen LogP) is 2.39. The Balaban J connectivity index is 0.00000121. The fraction of sp³-hybridized carbons (Fsp3) is 0.333. The Morgan fingerprint density at radius 2 is 2.00 bits per heavy atom. The fourth-order valence-corrected chi connectivity index (χ4v) is 1.09. The van der Waals surface area contributed by atoms with E-state index in [0.29, 0.717) is 0 Å². The normalized spacial score (nSPS) is 11.9. The van der Waals surface area contributed by atoms with Crippen molar-refractivity contribution in [1.82, 2.24) is 0 Å². The topological polar surface area (TPSA) is 26.0 Å². The zero-order valence-electron chi connectivity index (χ0n) is 6.96. The Labute approximate surface area is 78.2 Å². The van der Waals surface area contributed by atoms with Gasteiger partial charge in [-0.2, -0.15) is 0 Å². The highest BCUT2D eigenvalue weighted by Crippen LogP contribution is 2.14. The molecule has 0 heterocycles. The van der Waals surface area contributed by atoms with E-state index in [9.17, 15) is 4.39 Å². The molecule has 0 saturated heterocycles. The zero-order chi connectivity index (χ0) is 8.27. The number of rotatable bonds is 2. The van der Waals surface area contributed by atoms with Gasteiger partial charge in [0.25, 0.3) is 0 Å². The SMILES string of the molecule is Cc1ccccc1[C@H](N)CF.Cl. The fourth-order valence-electron chi connectivity index (χ4n) is 1.09. The van der Waals surface area contributed by atoms with Crippen LogP contribution in [0.15, 0.2) is 24.3 Å². The molecule has 1 aromatic rings. The zero-order valence-corrected chi connectivity index (χ0v) is 7.77. The summed E-state index contributed by atoms with van der Waals surface area (Å²) >= 11 is 0. The highest BCUT2D eigenvalue weighted by Gasteiger charge is 2.06. The van der Waals surface area contributed by atoms with Crippen molar-refractivity contribution in [3.05, 3.63) is 35.4 Å². The monoisotopic (exact) mass is 189 g/mol. The van der Waals surface area contributed by atoms with Crippen LogP contribution in [0.1, 0.15) is 17.2 Å². The number of hydrogen-bond acceptors (Lipinski definition) is 1. The first-order valence-electron chi connectivity index (χ1n) is 3.62. The van der Waals surface area contributed by atoms with Crippen molar-refractivity contribution in [3.63, 3.8) is 0 Å². The maximum Gasteiger partial charge on any atom is 0.109 e. The number of aryl methyl sites for hydroxylation is 1. The summed E-state index contributed by atoms with van der Waals surface area (Å²) in [6, 6.07) is 7.13. The summed E-state index contributed by atoms with van der Waals surface area (Å²) in [5.41, 5.74) is 7.47. The molecule has 1 rings (SSSR count). The van der Waals surface area contributed by atoms with Crippen LogP contribution in [-0.4, -0.2) is 6.67 Å². The summed E-state index contributed by atoms with van der Waals surface area (Å²) in [7, 11) is 0. The van der Waals surface area contributed by atoms with E-state index in [1.807, 2.05) is 31.2 Å². The van der Waals surface area contributed by atoms with Crippen molar-refractivity contribution in [3.8, 4) is 0 Å². The first kappa shape index (κ1) is 11.4. The van der Waals surface area contributed by atoms with Crippen LogP contribution in [0.5, 0.6) is 0 Å². The van der Waals surface area contributed by atoms with Crippen molar-refractivity contribution in [1.29, 1.82) is 0 Å². The molecule has 0 radical (unpaired) electrons. The molecule has 0 aliphatic carbocycles. The van der Waals surface area contributed by atoms with Crippen LogP contribution >= 0.6 is 12.4 Å². The van der Waals surface area contributed by atoms with Gasteiger partial charge in [-0.1, -0.05) is 24.3 Å². The molecule has 1 nitrogen and oxygen atoms in total. The summed E-state index contributed by atoms with van der Waals surface area (Å²) in [6.07, 6.45) is 0. The van der Waals surface area contributed by atoms with Gasteiger partial charge in [-0.15, -0.1) is 12.4 Å². The van der Waals surface area contributed by atoms with Gasteiger partial charge in [0.2, 0.25) is 0 Å². The maximum atomic E-state index is 12.1. The molecule has 12 heavy (non-hydrogen) atoms. The minimum atomic E-state index is -0.495. The van der Waals surface area contributed by atoms with Crippen LogP contribution < -0.4 is 5.73 Å². The molecule has 68 valence electrons. The Bertz CT molecular complexity index is 240. The molecule has 0 saturated carbocycles. The van der Waals surface area contributed by atoms with E-state index in [4.69, 9.17) is 5.73 Å². The highest BCUT2D eigenvalue weighted by molar-refractivity contribution is 5.85. The molecule has 0 fully saturated rings. The van der Waals surface area contributed by atoms with Gasteiger partial charge >= 0.3 is 0 Å². The first-order chi connectivity index (χ1) is 5.25. The molecular weight excluding hydrogens is 177 g/mol. The second-order valence-electron chi connectivity index (χ2n) is 2.62. The third kappa shape index (κ3) is 2.47. The minimum Gasteiger partial charge on any atom is -0.322 e. The Hall–Kier alpha value is -0.600. The lowest BCUT2D eigenvalue weighted by Crippen LogP contribution is -2.13. The Morgan fingerprint density at radius 1 is 1.42 bits per heavy atom. The van der Waals surface area contributed by atoms with E-state index >= 15 is 0 Å². The van der Waals surface area contributed by atoms with Crippen LogP contribution in [0.4, 0.5) is 4.39 Å². The van der Waals surface area contributed by atoms with Gasteiger partial charge in [-0.3, -0.25) is 0 Å². The van der Waals surface area contributed by atoms with Gasteiger partial charge in [-0.05, 0) is 18.1 Å². The standard InChI is InChI=1S/C9H12FN.ClH/c1-7-4-2-3-5-8(7)9(11)6-10;/h2-5,9H,6,11H2,1H3;1H/t9-;/m1./s1. The number of hydrogen-bond donors (Lipinski definition) is 1. The van der Waals surface area contributed by atoms with Gasteiger partial charge < -0.3 is 5.73 Å². The second-order valence-corrected chi connectivity index (χ2v) is 2.62. The van der Waals surface area contributed by atoms with E-state index in [1.165, 1.54) is 0 Å². The number of nitrogens with two attached hydrogens (primary N) is 1. The minimum absolute atomic E-state index is 0. The van der Waals surface area contributed by atoms with E-state index in [1.54, 1.807) is 0 Å². The summed E-state index contributed by atoms with van der Waals surface area (Å²) in [6.45, 7) is 1.44. The lowest BCUT2D eigenvalue weighted by Gasteiger charge is -2.09. The van der Waals surface area contributed by atoms with Crippen LogP contribution in [0, 0.1) is 6.92 Å². The average molecular weight is 190 g/mol. The number of halogens is 2. The molecule has 0 bridgehead atoms. The van der Waals surface area contributed by atoms with E-state index in [2.05, 4.69) is 0 Å². The second kappa shape index (κ2) is 5.12. The smallest absolute Gasteiger partial charge is 0.109 e. The van der Waals surface area contributed by atoms with Gasteiger partial charge in [0, 0.05) is 0 Å². The summed E-state index contributed by atoms with van der Waals surface area (Å²) < 4.78 is 12.1. The van der Waals surface area contributed by atoms with Crippen LogP contribution in [0.3, 0.4) is 0 Å². The molecule has 0 aromatic heterocycles. The lowest BCUT2D eigenvalue weighted by atomic mass is 10.0. The van der Waals surface area contributed by atoms with E-state index in [-0.39, 0.29) is 12.4 Å². The summed E-state index contributed by atoms with van der Waals surface area (Å²) in [4.78, 5) is 0. The quantitative estimate of drug-likeness (QED) is 0.760. The molecule has 0 amide bonds. The van der Waals surface area contributed by atoms with Crippen molar-refractivity contribution in [2.75, 3.05) is 6.67 Å². The average Bonchev–Trinajstić information content (AvgIpc) is 2.04. The van der Waals surface area contributed by atoms with Crippen LogP contribution in [-0.2, 0) is 0 Å². The van der Waals surface area contributed by atoms with Crippen LogP contribution in [0.25, 0.3) is 0 Å². The highest BCUT2D eigenvalue weighted by atomic mass is 35.5. The third-order valence-electron chi connectivity index (χ3n) is 1.75. The van der Waals surface area contributed by atoms with Gasteiger partial charge in [0.1, 0.15) is 6.67 Å². The molecule has 3 heteroatoms. The van der Waals surface area contributed by atoms with Crippen molar-refractivity contribution >= 4 is 12.4 Å². The molecule has 1 aromatic carbocycles. The molecule has 1 atom stereocenters. The maximum absolute atomic E-state index is 12.1. The van der Waals surface area contributed by atoms with Crippen LogP contribution in [0.2, 0.25) is 0 Å². The summed E-state index contributed by atoms with van der Waals surface area (Å²) in [5.74, 6) is 0. The largest absolute Gasteiger partial charge is 0.322 e. The molecule has 2 N–H and O–H groups in total. The van der Waals surface area contributed by atoms with Crippen molar-refractivity contribution < 1.29 is 4.39 Å². The molecule has 0 spiro atoms. The van der Waals surface area contributed by atoms with Gasteiger partial charge in [0.05, 0.1) is 6.04 Å². The van der Waals surface area contributed by atoms with E-state index in [0.717, 1.165) is 11.1 Å². The van der Waals surface area contributed by atoms with Gasteiger partial charge in [-0.25, -0.2) is 4.39 Å². The van der Waals surface area contributed by atoms with Crippen molar-refractivity contribution in [2.45, 2.75) is 13.0 Å². The number of alkyl halides is 1. The molecule has 0 aliphatic heterocycles. The third-order valence-corrected chi connectivity index (χ3v) is 1.75. The number of benzene rings is 1. The predicted molar refractivity (Wildman–Crippen MR) is 51.3 cm³/mol. The van der Waals surface area contributed by atoms with E-state index < -0.39 is 12.7 Å². The lowest BCUT2D eigenvalue weighted by molar-refractivity contribution is 0.436. The summed E-state index contributed by atoms with van der Waals surface area (Å²) in [5, 5.41) is 0. The Morgan fingerprint density at radius 3 is 2.50 bits per heavy atom. The first-order valence-corrected chi connectivity index (χ1v) is 3.62. The molecular formula is C9H13ClFN. The van der Waals surface area contributed by atoms with Gasteiger partial charge in [0.15, 0.2) is 0 Å².